The van der Waals surface area contributed by atoms with Gasteiger partial charge in [-0.1, -0.05) is 48.7 Å². The lowest BCUT2D eigenvalue weighted by molar-refractivity contribution is -0.153. The molecule has 0 spiro atoms. The van der Waals surface area contributed by atoms with E-state index in [0.717, 1.165) is 43.2 Å². The zero-order valence-corrected chi connectivity index (χ0v) is 29.5. The van der Waals surface area contributed by atoms with Gasteiger partial charge >= 0.3 is 12.1 Å². The predicted octanol–water partition coefficient (Wildman–Crippen LogP) is 4.38. The van der Waals surface area contributed by atoms with Gasteiger partial charge in [-0.3, -0.25) is 19.2 Å². The van der Waals surface area contributed by atoms with Gasteiger partial charge in [0.25, 0.3) is 0 Å². The molecule has 0 radical (unpaired) electrons. The second-order valence-corrected chi connectivity index (χ2v) is 15.9. The van der Waals surface area contributed by atoms with E-state index in [1.165, 1.54) is 4.90 Å². The monoisotopic (exact) mass is 696 g/mol. The maximum absolute atomic E-state index is 14.3. The molecule has 11 nitrogen and oxygen atoms in total. The van der Waals surface area contributed by atoms with E-state index in [0.29, 0.717) is 49.6 Å². The molecule has 1 saturated heterocycles. The van der Waals surface area contributed by atoms with Crippen LogP contribution in [-0.4, -0.2) is 77.1 Å². The highest BCUT2D eigenvalue weighted by Crippen LogP contribution is 2.46. The molecule has 12 heteroatoms. The smallest absolute Gasteiger partial charge is 0.408 e. The zero-order chi connectivity index (χ0) is 34.9. The highest BCUT2D eigenvalue weighted by Gasteiger charge is 2.61. The summed E-state index contributed by atoms with van der Waals surface area (Å²) < 4.78 is 11.5. The average molecular weight is 697 g/mol. The van der Waals surface area contributed by atoms with E-state index < -0.39 is 59.1 Å². The number of amides is 4. The lowest BCUT2D eigenvalue weighted by atomic mass is 10.0. The predicted molar refractivity (Wildman–Crippen MR) is 182 cm³/mol. The van der Waals surface area contributed by atoms with Gasteiger partial charge in [0.2, 0.25) is 17.7 Å². The van der Waals surface area contributed by atoms with E-state index >= 15 is 0 Å². The number of nitrogens with zero attached hydrogens (tertiary/aromatic N) is 1. The molecule has 1 aromatic rings. The molecule has 4 amide bonds. The van der Waals surface area contributed by atoms with Crippen LogP contribution >= 0.6 is 11.6 Å². The number of alkyl carbamates (subject to hydrolysis) is 1. The Hall–Kier alpha value is -3.60. The molecule has 2 heterocycles. The fourth-order valence-electron chi connectivity index (χ4n) is 7.37. The van der Waals surface area contributed by atoms with Crippen molar-refractivity contribution in [1.29, 1.82) is 0 Å². The van der Waals surface area contributed by atoms with Gasteiger partial charge in [0, 0.05) is 23.9 Å². The summed E-state index contributed by atoms with van der Waals surface area (Å²) in [6.45, 7) is 5.80. The van der Waals surface area contributed by atoms with Crippen molar-refractivity contribution < 1.29 is 33.4 Å². The van der Waals surface area contributed by atoms with E-state index in [1.807, 2.05) is 24.3 Å². The Morgan fingerprint density at radius 2 is 1.88 bits per heavy atom. The largest absolute Gasteiger partial charge is 0.460 e. The summed E-state index contributed by atoms with van der Waals surface area (Å²) in [6, 6.07) is 3.67. The summed E-state index contributed by atoms with van der Waals surface area (Å²) in [5, 5.41) is 9.46. The third kappa shape index (κ3) is 8.41. The molecule has 0 bridgehead atoms. The Labute approximate surface area is 293 Å². The van der Waals surface area contributed by atoms with Gasteiger partial charge < -0.3 is 30.3 Å². The topological polar surface area (TPSA) is 143 Å². The SMILES string of the molecule is CC(C)(C)OC(=O)N[C@H]1CCCCCC=C[C@@H]2C[C@@]2(C(=O)NCC2CC2)NC(=O)[C@@H]2C[C@@H](OC(=O)C3Cc4cccc(Cl)c4C3)CN2C1=O. The average Bonchev–Trinajstić information content (AvgIpc) is 3.89. The Bertz CT molecular complexity index is 1500. The summed E-state index contributed by atoms with van der Waals surface area (Å²) in [5.41, 5.74) is 0.0786. The minimum Gasteiger partial charge on any atom is -0.460 e. The number of fused-ring (bicyclic) bond motifs is 3. The Morgan fingerprint density at radius 3 is 2.61 bits per heavy atom. The molecule has 2 saturated carbocycles. The van der Waals surface area contributed by atoms with Crippen LogP contribution in [0, 0.1) is 17.8 Å². The molecule has 5 aliphatic rings. The van der Waals surface area contributed by atoms with Crippen molar-refractivity contribution in [1.82, 2.24) is 20.9 Å². The molecule has 2 aliphatic heterocycles. The highest BCUT2D eigenvalue weighted by molar-refractivity contribution is 6.31. The van der Waals surface area contributed by atoms with Crippen molar-refractivity contribution in [2.24, 2.45) is 17.8 Å². The minimum absolute atomic E-state index is 0.0141. The molecule has 3 N–H and O–H groups in total. The van der Waals surface area contributed by atoms with E-state index in [9.17, 15) is 24.0 Å². The number of hydrogen-bond acceptors (Lipinski definition) is 7. The highest BCUT2D eigenvalue weighted by atomic mass is 35.5. The van der Waals surface area contributed by atoms with Crippen LogP contribution in [0.5, 0.6) is 0 Å². The van der Waals surface area contributed by atoms with E-state index in [4.69, 9.17) is 21.1 Å². The number of allylic oxidation sites excluding steroid dienone is 1. The fourth-order valence-corrected chi connectivity index (χ4v) is 7.64. The van der Waals surface area contributed by atoms with Gasteiger partial charge in [-0.05, 0) is 95.2 Å². The first-order chi connectivity index (χ1) is 23.3. The number of halogens is 1. The zero-order valence-electron chi connectivity index (χ0n) is 28.7. The van der Waals surface area contributed by atoms with Crippen LogP contribution in [0.3, 0.4) is 0 Å². The van der Waals surface area contributed by atoms with Crippen LogP contribution in [0.25, 0.3) is 0 Å². The molecule has 49 heavy (non-hydrogen) atoms. The van der Waals surface area contributed by atoms with E-state index in [1.54, 1.807) is 20.8 Å². The number of nitrogens with one attached hydrogen (secondary N) is 3. The summed E-state index contributed by atoms with van der Waals surface area (Å²) in [5.74, 6) is -1.64. The number of carbonyl (C=O) groups is 5. The summed E-state index contributed by atoms with van der Waals surface area (Å²) in [6.07, 6.45) is 9.84. The fraction of sp³-hybridized carbons (Fsp3) is 0.649. The van der Waals surface area contributed by atoms with Gasteiger partial charge in [0.15, 0.2) is 0 Å². The number of carbonyl (C=O) groups excluding carboxylic acids is 5. The number of rotatable bonds is 6. The molecule has 266 valence electrons. The second-order valence-electron chi connectivity index (χ2n) is 15.5. The molecule has 6 rings (SSSR count). The number of benzene rings is 1. The van der Waals surface area contributed by atoms with Crippen LogP contribution in [0.1, 0.15) is 89.7 Å². The normalized spacial score (nSPS) is 30.1. The first kappa shape index (κ1) is 35.2. The Morgan fingerprint density at radius 1 is 1.08 bits per heavy atom. The first-order valence-corrected chi connectivity index (χ1v) is 18.2. The van der Waals surface area contributed by atoms with Gasteiger partial charge in [0.1, 0.15) is 29.3 Å². The van der Waals surface area contributed by atoms with Crippen molar-refractivity contribution in [2.45, 2.75) is 121 Å². The van der Waals surface area contributed by atoms with Gasteiger partial charge in [-0.15, -0.1) is 0 Å². The minimum atomic E-state index is -1.10. The van der Waals surface area contributed by atoms with E-state index in [-0.39, 0.29) is 24.8 Å². The lowest BCUT2D eigenvalue weighted by Crippen LogP contribution is -2.58. The van der Waals surface area contributed by atoms with Crippen LogP contribution in [0.2, 0.25) is 5.02 Å². The van der Waals surface area contributed by atoms with E-state index in [2.05, 4.69) is 22.0 Å². The second kappa shape index (κ2) is 14.3. The standard InChI is InChI=1S/C37H49ClN4O7/c1-36(2,3)49-35(47)40-29-13-8-6-4-5-7-11-25-19-37(25,34(46)39-20-22-14-15-22)41-31(43)30-18-26(21-42(30)32(29)44)48-33(45)24-16-23-10-9-12-28(38)27(23)17-24/h7,9-12,22,24-26,29-30H,4-6,8,13-21H2,1-3H3,(H,39,46)(H,40,47)(H,41,43)/t24?,25-,26-,29+,30+,37-/m1/s1. The van der Waals surface area contributed by atoms with Gasteiger partial charge in [-0.2, -0.15) is 0 Å². The summed E-state index contributed by atoms with van der Waals surface area (Å²) in [7, 11) is 0. The lowest BCUT2D eigenvalue weighted by Gasteiger charge is -2.30. The Balaban J connectivity index is 1.23. The van der Waals surface area contributed by atoms with Crippen LogP contribution in [0.4, 0.5) is 4.79 Å². The molecular formula is C37H49ClN4O7. The molecule has 0 aromatic heterocycles. The summed E-state index contributed by atoms with van der Waals surface area (Å²) in [4.78, 5) is 69.8. The first-order valence-electron chi connectivity index (χ1n) is 17.9. The molecule has 1 unspecified atom stereocenters. The third-order valence-corrected chi connectivity index (χ3v) is 10.7. The molecule has 6 atom stereocenters. The van der Waals surface area contributed by atoms with Crippen LogP contribution in [-0.2, 0) is 41.5 Å². The van der Waals surface area contributed by atoms with Crippen molar-refractivity contribution in [3.8, 4) is 0 Å². The number of esters is 1. The maximum Gasteiger partial charge on any atom is 0.408 e. The van der Waals surface area contributed by atoms with Gasteiger partial charge in [-0.25, -0.2) is 4.79 Å². The molecule has 3 fully saturated rings. The number of hydrogen-bond donors (Lipinski definition) is 3. The van der Waals surface area contributed by atoms with Gasteiger partial charge in [0.05, 0.1) is 12.5 Å². The van der Waals surface area contributed by atoms with Crippen molar-refractivity contribution in [3.05, 3.63) is 46.5 Å². The van der Waals surface area contributed by atoms with Crippen LogP contribution < -0.4 is 16.0 Å². The molecular weight excluding hydrogens is 648 g/mol. The Kier molecular flexibility index (Phi) is 10.3. The van der Waals surface area contributed by atoms with Crippen LogP contribution in [0.15, 0.2) is 30.4 Å². The maximum atomic E-state index is 14.3. The van der Waals surface area contributed by atoms with Crippen molar-refractivity contribution in [2.75, 3.05) is 13.1 Å². The van der Waals surface area contributed by atoms with Crippen molar-refractivity contribution in [3.63, 3.8) is 0 Å². The van der Waals surface area contributed by atoms with Crippen molar-refractivity contribution >= 4 is 41.4 Å². The summed E-state index contributed by atoms with van der Waals surface area (Å²) >= 11 is 6.39. The molecule has 1 aromatic carbocycles. The quantitative estimate of drug-likeness (QED) is 0.296. The number of ether oxygens (including phenoxy) is 2. The third-order valence-electron chi connectivity index (χ3n) is 10.3. The molecule has 3 aliphatic carbocycles.